The predicted molar refractivity (Wildman–Crippen MR) is 62.3 cm³/mol. The molecule has 96 valence electrons. The van der Waals surface area contributed by atoms with Crippen LogP contribution in [0.4, 0.5) is 0 Å². The highest BCUT2D eigenvalue weighted by atomic mass is 16.4. The first-order valence-corrected chi connectivity index (χ1v) is 6.30. The van der Waals surface area contributed by atoms with Crippen molar-refractivity contribution < 1.29 is 14.7 Å². The van der Waals surface area contributed by atoms with Crippen molar-refractivity contribution in [3.63, 3.8) is 0 Å². The maximum Gasteiger partial charge on any atom is 0.306 e. The van der Waals surface area contributed by atoms with Crippen LogP contribution in [-0.4, -0.2) is 28.6 Å². The summed E-state index contributed by atoms with van der Waals surface area (Å²) in [6, 6.07) is 0.0206. The van der Waals surface area contributed by atoms with Crippen LogP contribution in [0.25, 0.3) is 0 Å². The summed E-state index contributed by atoms with van der Waals surface area (Å²) < 4.78 is 0. The quantitative estimate of drug-likeness (QED) is 0.672. The van der Waals surface area contributed by atoms with E-state index in [1.807, 2.05) is 0 Å². The van der Waals surface area contributed by atoms with E-state index >= 15 is 0 Å². The molecule has 17 heavy (non-hydrogen) atoms. The van der Waals surface area contributed by atoms with Crippen molar-refractivity contribution >= 4 is 11.9 Å². The minimum atomic E-state index is -0.754. The molecule has 5 heteroatoms. The van der Waals surface area contributed by atoms with Crippen LogP contribution in [0.3, 0.4) is 0 Å². The van der Waals surface area contributed by atoms with Crippen LogP contribution in [0.5, 0.6) is 0 Å². The third kappa shape index (κ3) is 2.97. The fraction of sp³-hybridized carbons (Fsp3) is 0.833. The van der Waals surface area contributed by atoms with Gasteiger partial charge in [-0.1, -0.05) is 0 Å². The van der Waals surface area contributed by atoms with Crippen molar-refractivity contribution in [1.82, 2.24) is 5.32 Å². The van der Waals surface area contributed by atoms with Gasteiger partial charge >= 0.3 is 5.97 Å². The SMILES string of the molecule is NC1(CC(=O)NC2CCC(C(=O)O)C2)CCC1. The molecule has 0 aromatic carbocycles. The second-order valence-electron chi connectivity index (χ2n) is 5.51. The Bertz CT molecular complexity index is 326. The van der Waals surface area contributed by atoms with Crippen LogP contribution in [0.1, 0.15) is 44.9 Å². The highest BCUT2D eigenvalue weighted by Gasteiger charge is 2.36. The second-order valence-corrected chi connectivity index (χ2v) is 5.51. The maximum atomic E-state index is 11.7. The first-order valence-electron chi connectivity index (χ1n) is 6.30. The van der Waals surface area contributed by atoms with Gasteiger partial charge in [-0.05, 0) is 38.5 Å². The molecule has 2 unspecified atom stereocenters. The summed E-state index contributed by atoms with van der Waals surface area (Å²) in [4.78, 5) is 22.5. The van der Waals surface area contributed by atoms with Gasteiger partial charge in [0.2, 0.25) is 5.91 Å². The van der Waals surface area contributed by atoms with E-state index in [-0.39, 0.29) is 23.4 Å². The zero-order chi connectivity index (χ0) is 12.5. The number of hydrogen-bond acceptors (Lipinski definition) is 3. The van der Waals surface area contributed by atoms with Crippen LogP contribution >= 0.6 is 0 Å². The van der Waals surface area contributed by atoms with Crippen molar-refractivity contribution in [2.75, 3.05) is 0 Å². The first-order chi connectivity index (χ1) is 7.98. The molecule has 2 aliphatic rings. The minimum Gasteiger partial charge on any atom is -0.481 e. The van der Waals surface area contributed by atoms with Gasteiger partial charge in [0, 0.05) is 18.0 Å². The zero-order valence-electron chi connectivity index (χ0n) is 9.95. The van der Waals surface area contributed by atoms with E-state index in [4.69, 9.17) is 10.8 Å². The van der Waals surface area contributed by atoms with Gasteiger partial charge in [-0.25, -0.2) is 0 Å². The lowest BCUT2D eigenvalue weighted by Gasteiger charge is -2.37. The summed E-state index contributed by atoms with van der Waals surface area (Å²) in [7, 11) is 0. The fourth-order valence-electron chi connectivity index (χ4n) is 2.74. The van der Waals surface area contributed by atoms with Crippen molar-refractivity contribution in [2.45, 2.75) is 56.5 Å². The minimum absolute atomic E-state index is 0.0206. The molecule has 1 amide bonds. The molecule has 4 N–H and O–H groups in total. The molecule has 2 saturated carbocycles. The molecule has 0 aromatic heterocycles. The Morgan fingerprint density at radius 1 is 1.35 bits per heavy atom. The van der Waals surface area contributed by atoms with Crippen molar-refractivity contribution in [3.8, 4) is 0 Å². The highest BCUT2D eigenvalue weighted by Crippen LogP contribution is 2.32. The smallest absolute Gasteiger partial charge is 0.306 e. The van der Waals surface area contributed by atoms with Gasteiger partial charge < -0.3 is 16.2 Å². The second kappa shape index (κ2) is 4.64. The number of amides is 1. The Morgan fingerprint density at radius 3 is 2.53 bits per heavy atom. The Labute approximate surface area is 101 Å². The molecule has 2 rings (SSSR count). The standard InChI is InChI=1S/C12H20N2O3/c13-12(4-1-5-12)7-10(15)14-9-3-2-8(6-9)11(16)17/h8-9H,1-7,13H2,(H,14,15)(H,16,17). The predicted octanol–water partition coefficient (Wildman–Crippen LogP) is 0.627. The summed E-state index contributed by atoms with van der Waals surface area (Å²) in [6.45, 7) is 0. The van der Waals surface area contributed by atoms with Gasteiger partial charge in [-0.15, -0.1) is 0 Å². The molecule has 5 nitrogen and oxygen atoms in total. The molecular weight excluding hydrogens is 220 g/mol. The number of carbonyl (C=O) groups is 2. The van der Waals surface area contributed by atoms with Crippen LogP contribution in [0.2, 0.25) is 0 Å². The van der Waals surface area contributed by atoms with E-state index < -0.39 is 5.97 Å². The number of hydrogen-bond donors (Lipinski definition) is 3. The largest absolute Gasteiger partial charge is 0.481 e. The lowest BCUT2D eigenvalue weighted by molar-refractivity contribution is -0.141. The monoisotopic (exact) mass is 240 g/mol. The molecule has 0 aromatic rings. The molecular formula is C12H20N2O3. The summed E-state index contributed by atoms with van der Waals surface area (Å²) in [6.07, 6.45) is 5.30. The van der Waals surface area contributed by atoms with Gasteiger partial charge in [0.05, 0.1) is 5.92 Å². The van der Waals surface area contributed by atoms with Gasteiger partial charge in [0.25, 0.3) is 0 Å². The average Bonchev–Trinajstić information content (AvgIpc) is 2.63. The molecule has 0 saturated heterocycles. The van der Waals surface area contributed by atoms with E-state index in [9.17, 15) is 9.59 Å². The molecule has 0 aliphatic heterocycles. The van der Waals surface area contributed by atoms with E-state index in [0.717, 1.165) is 25.7 Å². The van der Waals surface area contributed by atoms with E-state index in [0.29, 0.717) is 19.3 Å². The lowest BCUT2D eigenvalue weighted by atomic mass is 9.75. The Hall–Kier alpha value is -1.10. The van der Waals surface area contributed by atoms with Crippen LogP contribution < -0.4 is 11.1 Å². The number of aliphatic carboxylic acids is 1. The third-order valence-corrected chi connectivity index (χ3v) is 4.01. The third-order valence-electron chi connectivity index (χ3n) is 4.01. The van der Waals surface area contributed by atoms with Crippen LogP contribution in [0.15, 0.2) is 0 Å². The van der Waals surface area contributed by atoms with Gasteiger partial charge in [0.1, 0.15) is 0 Å². The number of nitrogens with two attached hydrogens (primary N) is 1. The maximum absolute atomic E-state index is 11.7. The summed E-state index contributed by atoms with van der Waals surface area (Å²) in [5.74, 6) is -1.07. The first kappa shape index (κ1) is 12.4. The van der Waals surface area contributed by atoms with Crippen molar-refractivity contribution in [1.29, 1.82) is 0 Å². The topological polar surface area (TPSA) is 92.4 Å². The number of nitrogens with one attached hydrogen (secondary N) is 1. The molecule has 2 aliphatic carbocycles. The number of carboxylic acids is 1. The Morgan fingerprint density at radius 2 is 2.06 bits per heavy atom. The molecule has 0 radical (unpaired) electrons. The molecule has 2 fully saturated rings. The molecule has 0 bridgehead atoms. The summed E-state index contributed by atoms with van der Waals surface area (Å²) >= 11 is 0. The highest BCUT2D eigenvalue weighted by molar-refractivity contribution is 5.78. The van der Waals surface area contributed by atoms with E-state index in [1.165, 1.54) is 0 Å². The summed E-state index contributed by atoms with van der Waals surface area (Å²) in [5.41, 5.74) is 5.70. The Balaban J connectivity index is 1.74. The van der Waals surface area contributed by atoms with Gasteiger partial charge in [-0.2, -0.15) is 0 Å². The summed E-state index contributed by atoms with van der Waals surface area (Å²) in [5, 5.41) is 11.8. The van der Waals surface area contributed by atoms with E-state index in [1.54, 1.807) is 0 Å². The number of carboxylic acid groups (broad SMARTS) is 1. The number of rotatable bonds is 4. The molecule has 0 spiro atoms. The zero-order valence-corrected chi connectivity index (χ0v) is 9.95. The fourth-order valence-corrected chi connectivity index (χ4v) is 2.74. The molecule has 2 atom stereocenters. The van der Waals surface area contributed by atoms with Gasteiger partial charge in [0.15, 0.2) is 0 Å². The number of carbonyl (C=O) groups excluding carboxylic acids is 1. The lowest BCUT2D eigenvalue weighted by Crippen LogP contribution is -2.50. The van der Waals surface area contributed by atoms with E-state index in [2.05, 4.69) is 5.32 Å². The van der Waals surface area contributed by atoms with Crippen molar-refractivity contribution in [2.24, 2.45) is 11.7 Å². The van der Waals surface area contributed by atoms with Crippen LogP contribution in [-0.2, 0) is 9.59 Å². The normalized spacial score (nSPS) is 30.6. The van der Waals surface area contributed by atoms with Gasteiger partial charge in [-0.3, -0.25) is 9.59 Å². The molecule has 0 heterocycles. The average molecular weight is 240 g/mol. The van der Waals surface area contributed by atoms with Crippen molar-refractivity contribution in [3.05, 3.63) is 0 Å². The Kier molecular flexibility index (Phi) is 3.38. The van der Waals surface area contributed by atoms with Crippen LogP contribution in [0, 0.1) is 5.92 Å².